The Labute approximate surface area is 124 Å². The first-order valence-electron chi connectivity index (χ1n) is 7.62. The zero-order valence-electron chi connectivity index (χ0n) is 12.9. The van der Waals surface area contributed by atoms with Crippen LogP contribution < -0.4 is 0 Å². The van der Waals surface area contributed by atoms with Crippen LogP contribution in [0.1, 0.15) is 40.0 Å². The number of carbonyl (C=O) groups excluding carboxylic acids is 3. The summed E-state index contributed by atoms with van der Waals surface area (Å²) in [6, 6.07) is 0. The van der Waals surface area contributed by atoms with Crippen LogP contribution in [0.2, 0.25) is 0 Å². The minimum atomic E-state index is -1.58. The molecule has 0 N–H and O–H groups in total. The average molecular weight is 297 g/mol. The lowest BCUT2D eigenvalue weighted by Crippen LogP contribution is -2.62. The van der Waals surface area contributed by atoms with Gasteiger partial charge in [0.05, 0.1) is 13.2 Å². The Morgan fingerprint density at radius 2 is 1.67 bits per heavy atom. The Balaban J connectivity index is 2.49. The van der Waals surface area contributed by atoms with Gasteiger partial charge in [0.25, 0.3) is 0 Å². The van der Waals surface area contributed by atoms with Crippen molar-refractivity contribution in [2.45, 2.75) is 45.6 Å². The number of esters is 2. The van der Waals surface area contributed by atoms with Crippen LogP contribution in [0.4, 0.5) is 0 Å². The molecule has 6 nitrogen and oxygen atoms in total. The van der Waals surface area contributed by atoms with E-state index in [1.807, 2.05) is 0 Å². The van der Waals surface area contributed by atoms with Gasteiger partial charge in [-0.3, -0.25) is 4.79 Å². The molecule has 1 saturated carbocycles. The summed E-state index contributed by atoms with van der Waals surface area (Å²) >= 11 is 0. The van der Waals surface area contributed by atoms with Crippen molar-refractivity contribution in [1.29, 1.82) is 0 Å². The molecular weight excluding hydrogens is 274 g/mol. The molecule has 2 fully saturated rings. The monoisotopic (exact) mass is 297 g/mol. The molecule has 6 heteroatoms. The summed E-state index contributed by atoms with van der Waals surface area (Å²) in [7, 11) is 0. The zero-order chi connectivity index (χ0) is 15.6. The Bertz CT molecular complexity index is 429. The smallest absolute Gasteiger partial charge is 0.344 e. The van der Waals surface area contributed by atoms with E-state index in [0.29, 0.717) is 6.54 Å². The highest BCUT2D eigenvalue weighted by molar-refractivity contribution is 6.08. The van der Waals surface area contributed by atoms with Gasteiger partial charge in [0.15, 0.2) is 0 Å². The van der Waals surface area contributed by atoms with Gasteiger partial charge in [-0.05, 0) is 32.6 Å². The van der Waals surface area contributed by atoms with Crippen molar-refractivity contribution in [2.24, 2.45) is 11.8 Å². The number of hydrogen-bond donors (Lipinski definition) is 0. The number of fused-ring (bicyclic) bond motifs is 1. The molecule has 1 aliphatic heterocycles. The molecule has 0 radical (unpaired) electrons. The molecule has 0 aromatic rings. The molecule has 1 saturated heterocycles. The van der Waals surface area contributed by atoms with E-state index >= 15 is 0 Å². The van der Waals surface area contributed by atoms with E-state index in [-0.39, 0.29) is 31.0 Å². The van der Waals surface area contributed by atoms with Gasteiger partial charge in [-0.2, -0.15) is 0 Å². The molecule has 1 heterocycles. The number of carbonyl (C=O) groups is 3. The van der Waals surface area contributed by atoms with Gasteiger partial charge in [0, 0.05) is 19.4 Å². The number of rotatable bonds is 4. The topological polar surface area (TPSA) is 72.9 Å². The lowest BCUT2D eigenvalue weighted by molar-refractivity contribution is -0.179. The minimum Gasteiger partial charge on any atom is -0.464 e. The van der Waals surface area contributed by atoms with Crippen LogP contribution in [0.15, 0.2) is 0 Å². The summed E-state index contributed by atoms with van der Waals surface area (Å²) in [5.41, 5.74) is -1.58. The number of nitrogens with zero attached hydrogens (tertiary/aromatic N) is 1. The highest BCUT2D eigenvalue weighted by atomic mass is 16.6. The van der Waals surface area contributed by atoms with Crippen LogP contribution in [-0.2, 0) is 23.9 Å². The Kier molecular flexibility index (Phi) is 4.54. The van der Waals surface area contributed by atoms with Crippen LogP contribution in [-0.4, -0.2) is 48.0 Å². The van der Waals surface area contributed by atoms with Gasteiger partial charge >= 0.3 is 11.9 Å². The van der Waals surface area contributed by atoms with Crippen molar-refractivity contribution in [2.75, 3.05) is 19.8 Å². The fourth-order valence-electron chi connectivity index (χ4n) is 3.85. The van der Waals surface area contributed by atoms with Gasteiger partial charge in [-0.15, -0.1) is 0 Å². The van der Waals surface area contributed by atoms with Crippen LogP contribution >= 0.6 is 0 Å². The van der Waals surface area contributed by atoms with E-state index in [1.165, 1.54) is 11.8 Å². The Morgan fingerprint density at radius 1 is 1.10 bits per heavy atom. The first-order valence-corrected chi connectivity index (χ1v) is 7.62. The second-order valence-electron chi connectivity index (χ2n) is 5.63. The summed E-state index contributed by atoms with van der Waals surface area (Å²) in [4.78, 5) is 38.6. The van der Waals surface area contributed by atoms with E-state index in [9.17, 15) is 14.4 Å². The SMILES string of the molecule is CCOC(=O)C1(C(=O)OCC)[C@@H]2CCC[C@@H]2CN1C(C)=O. The lowest BCUT2D eigenvalue weighted by Gasteiger charge is -2.36. The van der Waals surface area contributed by atoms with Gasteiger partial charge < -0.3 is 14.4 Å². The number of amides is 1. The molecule has 2 aliphatic rings. The quantitative estimate of drug-likeness (QED) is 0.574. The van der Waals surface area contributed by atoms with E-state index in [2.05, 4.69) is 0 Å². The molecule has 118 valence electrons. The first-order chi connectivity index (χ1) is 9.99. The van der Waals surface area contributed by atoms with E-state index in [1.54, 1.807) is 13.8 Å². The van der Waals surface area contributed by atoms with Crippen molar-refractivity contribution in [3.8, 4) is 0 Å². The van der Waals surface area contributed by atoms with Gasteiger partial charge in [-0.1, -0.05) is 6.42 Å². The number of hydrogen-bond acceptors (Lipinski definition) is 5. The second kappa shape index (κ2) is 6.03. The summed E-state index contributed by atoms with van der Waals surface area (Å²) in [6.45, 7) is 5.53. The molecule has 0 aromatic heterocycles. The normalized spacial score (nSPS) is 26.3. The predicted octanol–water partition coefficient (Wildman–Crippen LogP) is 1.13. The maximum atomic E-state index is 12.6. The molecule has 0 spiro atoms. The predicted molar refractivity (Wildman–Crippen MR) is 74.2 cm³/mol. The summed E-state index contributed by atoms with van der Waals surface area (Å²) in [6.07, 6.45) is 2.63. The standard InChI is InChI=1S/C15H23NO5/c1-4-20-13(18)15(14(19)21-5-2)12-8-6-7-11(12)9-16(15)10(3)17/h11-12H,4-9H2,1-3H3/t11-,12-/m1/s1. The molecule has 1 aliphatic carbocycles. The fraction of sp³-hybridized carbons (Fsp3) is 0.800. The van der Waals surface area contributed by atoms with Crippen molar-refractivity contribution >= 4 is 17.8 Å². The molecule has 0 unspecified atom stereocenters. The van der Waals surface area contributed by atoms with Crippen LogP contribution in [0.3, 0.4) is 0 Å². The largest absolute Gasteiger partial charge is 0.464 e. The first kappa shape index (κ1) is 15.8. The third-order valence-corrected chi connectivity index (χ3v) is 4.59. The van der Waals surface area contributed by atoms with Crippen molar-refractivity contribution in [1.82, 2.24) is 4.90 Å². The van der Waals surface area contributed by atoms with E-state index in [4.69, 9.17) is 9.47 Å². The van der Waals surface area contributed by atoms with Crippen molar-refractivity contribution < 1.29 is 23.9 Å². The summed E-state index contributed by atoms with van der Waals surface area (Å²) in [5.74, 6) is -1.60. The summed E-state index contributed by atoms with van der Waals surface area (Å²) in [5, 5.41) is 0. The molecular formula is C15H23NO5. The maximum Gasteiger partial charge on any atom is 0.344 e. The van der Waals surface area contributed by atoms with Crippen LogP contribution in [0, 0.1) is 11.8 Å². The minimum absolute atomic E-state index is 0.169. The molecule has 0 aromatic carbocycles. The van der Waals surface area contributed by atoms with Gasteiger partial charge in [0.1, 0.15) is 0 Å². The van der Waals surface area contributed by atoms with Gasteiger partial charge in [-0.25, -0.2) is 9.59 Å². The Morgan fingerprint density at radius 3 is 2.14 bits per heavy atom. The number of ether oxygens (including phenoxy) is 2. The molecule has 0 bridgehead atoms. The van der Waals surface area contributed by atoms with Crippen LogP contribution in [0.25, 0.3) is 0 Å². The molecule has 21 heavy (non-hydrogen) atoms. The number of likely N-dealkylation sites (tertiary alicyclic amines) is 1. The van der Waals surface area contributed by atoms with Crippen LogP contribution in [0.5, 0.6) is 0 Å². The summed E-state index contributed by atoms with van der Waals surface area (Å²) < 4.78 is 10.3. The fourth-order valence-corrected chi connectivity index (χ4v) is 3.85. The van der Waals surface area contributed by atoms with Crippen molar-refractivity contribution in [3.63, 3.8) is 0 Å². The highest BCUT2D eigenvalue weighted by Gasteiger charge is 2.67. The molecule has 2 rings (SSSR count). The van der Waals surface area contributed by atoms with E-state index in [0.717, 1.165) is 19.3 Å². The molecule has 1 amide bonds. The van der Waals surface area contributed by atoms with E-state index < -0.39 is 17.5 Å². The highest BCUT2D eigenvalue weighted by Crippen LogP contribution is 2.49. The molecule has 2 atom stereocenters. The lowest BCUT2D eigenvalue weighted by atomic mass is 9.81. The maximum absolute atomic E-state index is 12.6. The second-order valence-corrected chi connectivity index (χ2v) is 5.63. The van der Waals surface area contributed by atoms with Crippen molar-refractivity contribution in [3.05, 3.63) is 0 Å². The third-order valence-electron chi connectivity index (χ3n) is 4.59. The van der Waals surface area contributed by atoms with Gasteiger partial charge in [0.2, 0.25) is 11.4 Å². The third kappa shape index (κ3) is 2.30. The zero-order valence-corrected chi connectivity index (χ0v) is 12.9. The average Bonchev–Trinajstić information content (AvgIpc) is 2.98. The Hall–Kier alpha value is -1.59.